The zero-order chi connectivity index (χ0) is 19.0. The van der Waals surface area contributed by atoms with Crippen molar-refractivity contribution in [1.82, 2.24) is 19.9 Å². The molecule has 1 fully saturated rings. The van der Waals surface area contributed by atoms with E-state index in [-0.39, 0.29) is 11.8 Å². The molecule has 1 amide bonds. The van der Waals surface area contributed by atoms with Crippen LogP contribution >= 0.6 is 0 Å². The fourth-order valence-corrected chi connectivity index (χ4v) is 3.58. The normalized spacial score (nSPS) is 16.8. The van der Waals surface area contributed by atoms with Gasteiger partial charge < -0.3 is 19.1 Å². The van der Waals surface area contributed by atoms with Gasteiger partial charge in [-0.25, -0.2) is 9.97 Å². The van der Waals surface area contributed by atoms with Crippen LogP contribution in [0, 0.1) is 0 Å². The number of nitrogens with zero attached hydrogens (tertiary/aromatic N) is 4. The number of hydrogen-bond acceptors (Lipinski definition) is 7. The lowest BCUT2D eigenvalue weighted by Gasteiger charge is -2.47. The second kappa shape index (κ2) is 6.77. The third kappa shape index (κ3) is 2.90. The van der Waals surface area contributed by atoms with Crippen molar-refractivity contribution in [3.05, 3.63) is 41.0 Å². The van der Waals surface area contributed by atoms with E-state index in [1.54, 1.807) is 17.0 Å². The zero-order valence-electron chi connectivity index (χ0n) is 15.7. The molecule has 4 heterocycles. The van der Waals surface area contributed by atoms with Crippen molar-refractivity contribution in [3.63, 3.8) is 0 Å². The van der Waals surface area contributed by atoms with Crippen molar-refractivity contribution in [2.75, 3.05) is 27.3 Å². The molecular weight excluding hydrogens is 348 g/mol. The Labute approximate surface area is 157 Å². The van der Waals surface area contributed by atoms with E-state index in [2.05, 4.69) is 21.9 Å². The first kappa shape index (κ1) is 17.7. The molecule has 0 aromatic carbocycles. The van der Waals surface area contributed by atoms with E-state index in [4.69, 9.17) is 14.2 Å². The van der Waals surface area contributed by atoms with Gasteiger partial charge in [0.15, 0.2) is 0 Å². The number of rotatable bonds is 5. The molecule has 2 aromatic heterocycles. The van der Waals surface area contributed by atoms with Crippen molar-refractivity contribution in [2.24, 2.45) is 0 Å². The van der Waals surface area contributed by atoms with Crippen LogP contribution in [0.15, 0.2) is 18.3 Å². The number of aromatic nitrogens is 3. The van der Waals surface area contributed by atoms with Crippen molar-refractivity contribution >= 4 is 5.91 Å². The van der Waals surface area contributed by atoms with Gasteiger partial charge in [0.05, 0.1) is 39.6 Å². The summed E-state index contributed by atoms with van der Waals surface area (Å²) in [5, 5.41) is 0. The number of carbonyl (C=O) groups is 1. The van der Waals surface area contributed by atoms with Crippen LogP contribution in [-0.2, 0) is 23.4 Å². The number of carbonyl (C=O) groups excluding carboxylic acids is 1. The smallest absolute Gasteiger partial charge is 0.259 e. The predicted molar refractivity (Wildman–Crippen MR) is 95.7 cm³/mol. The van der Waals surface area contributed by atoms with Gasteiger partial charge in [0.1, 0.15) is 17.0 Å². The van der Waals surface area contributed by atoms with Crippen LogP contribution < -0.4 is 9.47 Å². The summed E-state index contributed by atoms with van der Waals surface area (Å²) in [4.78, 5) is 27.8. The molecule has 0 unspecified atom stereocenters. The lowest BCUT2D eigenvalue weighted by Crippen LogP contribution is -2.61. The van der Waals surface area contributed by atoms with Crippen LogP contribution in [0.2, 0.25) is 0 Å². The van der Waals surface area contributed by atoms with Gasteiger partial charge in [-0.05, 0) is 12.5 Å². The van der Waals surface area contributed by atoms with E-state index in [1.165, 1.54) is 14.2 Å². The molecule has 0 aliphatic carbocycles. The topological polar surface area (TPSA) is 86.7 Å². The highest BCUT2D eigenvalue weighted by molar-refractivity contribution is 5.97. The van der Waals surface area contributed by atoms with Gasteiger partial charge in [0.2, 0.25) is 11.8 Å². The monoisotopic (exact) mass is 370 g/mol. The molecule has 0 atom stereocenters. The van der Waals surface area contributed by atoms with Gasteiger partial charge >= 0.3 is 0 Å². The minimum Gasteiger partial charge on any atom is -0.481 e. The Morgan fingerprint density at radius 1 is 1.26 bits per heavy atom. The summed E-state index contributed by atoms with van der Waals surface area (Å²) in [7, 11) is 3.00. The van der Waals surface area contributed by atoms with E-state index in [0.29, 0.717) is 31.1 Å². The first-order valence-corrected chi connectivity index (χ1v) is 8.97. The zero-order valence-corrected chi connectivity index (χ0v) is 15.7. The van der Waals surface area contributed by atoms with Crippen molar-refractivity contribution < 1.29 is 19.0 Å². The summed E-state index contributed by atoms with van der Waals surface area (Å²) in [6, 6.07) is 3.32. The van der Waals surface area contributed by atoms with Crippen LogP contribution in [-0.4, -0.2) is 53.1 Å². The van der Waals surface area contributed by atoms with Gasteiger partial charge in [-0.15, -0.1) is 0 Å². The SMILES string of the molecule is CCCc1ncc2c(n1)COC21CN(C(=O)c2ccc(OC)nc2OC)C1. The van der Waals surface area contributed by atoms with Gasteiger partial charge in [0.25, 0.3) is 5.91 Å². The highest BCUT2D eigenvalue weighted by Gasteiger charge is 2.53. The van der Waals surface area contributed by atoms with Crippen molar-refractivity contribution in [1.29, 1.82) is 0 Å². The molecule has 2 aliphatic rings. The largest absolute Gasteiger partial charge is 0.481 e. The van der Waals surface area contributed by atoms with Crippen LogP contribution in [0.5, 0.6) is 11.8 Å². The van der Waals surface area contributed by atoms with Gasteiger partial charge in [-0.1, -0.05) is 6.92 Å². The fourth-order valence-electron chi connectivity index (χ4n) is 3.58. The van der Waals surface area contributed by atoms with Gasteiger partial charge in [-0.2, -0.15) is 4.98 Å². The summed E-state index contributed by atoms with van der Waals surface area (Å²) in [5.41, 5.74) is 1.83. The molecule has 1 saturated heterocycles. The average molecular weight is 370 g/mol. The standard InChI is InChI=1S/C19H22N4O4/c1-4-5-15-20-8-13-14(21-15)9-27-19(13)10-23(11-19)18(24)12-6-7-16(25-2)22-17(12)26-3/h6-8H,4-5,9-11H2,1-3H3. The van der Waals surface area contributed by atoms with Crippen LogP contribution in [0.1, 0.15) is 40.8 Å². The third-order valence-corrected chi connectivity index (χ3v) is 5.01. The van der Waals surface area contributed by atoms with E-state index in [0.717, 1.165) is 29.9 Å². The summed E-state index contributed by atoms with van der Waals surface area (Å²) in [6.45, 7) is 3.49. The summed E-state index contributed by atoms with van der Waals surface area (Å²) in [6.07, 6.45) is 3.72. The van der Waals surface area contributed by atoms with E-state index < -0.39 is 5.60 Å². The lowest BCUT2D eigenvalue weighted by molar-refractivity contribution is -0.126. The van der Waals surface area contributed by atoms with Crippen molar-refractivity contribution in [2.45, 2.75) is 32.0 Å². The number of methoxy groups -OCH3 is 2. The Balaban J connectivity index is 1.51. The Hall–Kier alpha value is -2.74. The first-order valence-electron chi connectivity index (χ1n) is 8.97. The fraction of sp³-hybridized carbons (Fsp3) is 0.474. The minimum absolute atomic E-state index is 0.145. The molecule has 1 spiro atoms. The van der Waals surface area contributed by atoms with E-state index in [9.17, 15) is 4.79 Å². The molecule has 4 rings (SSSR count). The molecule has 0 N–H and O–H groups in total. The summed E-state index contributed by atoms with van der Waals surface area (Å²) in [5.74, 6) is 1.35. The van der Waals surface area contributed by atoms with Gasteiger partial charge in [0, 0.05) is 24.2 Å². The second-order valence-corrected chi connectivity index (χ2v) is 6.75. The van der Waals surface area contributed by atoms with E-state index >= 15 is 0 Å². The summed E-state index contributed by atoms with van der Waals surface area (Å²) >= 11 is 0. The number of likely N-dealkylation sites (tertiary alicyclic amines) is 1. The highest BCUT2D eigenvalue weighted by atomic mass is 16.5. The Morgan fingerprint density at radius 2 is 2.07 bits per heavy atom. The molecular formula is C19H22N4O4. The highest BCUT2D eigenvalue weighted by Crippen LogP contribution is 2.43. The lowest BCUT2D eigenvalue weighted by atomic mass is 9.87. The van der Waals surface area contributed by atoms with E-state index in [1.807, 2.05) is 6.20 Å². The number of ether oxygens (including phenoxy) is 3. The molecule has 27 heavy (non-hydrogen) atoms. The molecule has 8 nitrogen and oxygen atoms in total. The Kier molecular flexibility index (Phi) is 4.43. The molecule has 8 heteroatoms. The van der Waals surface area contributed by atoms with Crippen molar-refractivity contribution in [3.8, 4) is 11.8 Å². The first-order chi connectivity index (χ1) is 13.1. The molecule has 142 valence electrons. The molecule has 2 aromatic rings. The molecule has 2 aliphatic heterocycles. The maximum absolute atomic E-state index is 12.9. The number of hydrogen-bond donors (Lipinski definition) is 0. The summed E-state index contributed by atoms with van der Waals surface area (Å²) < 4.78 is 16.4. The maximum Gasteiger partial charge on any atom is 0.259 e. The van der Waals surface area contributed by atoms with Crippen LogP contribution in [0.25, 0.3) is 0 Å². The van der Waals surface area contributed by atoms with Gasteiger partial charge in [-0.3, -0.25) is 4.79 Å². The van der Waals surface area contributed by atoms with Crippen LogP contribution in [0.3, 0.4) is 0 Å². The predicted octanol–water partition coefficient (Wildman–Crippen LogP) is 1.72. The molecule has 0 bridgehead atoms. The Bertz CT molecular complexity index is 880. The minimum atomic E-state index is -0.497. The maximum atomic E-state index is 12.9. The average Bonchev–Trinajstić information content (AvgIpc) is 3.05. The number of fused-ring (bicyclic) bond motifs is 2. The number of amides is 1. The number of aryl methyl sites for hydroxylation is 1. The quantitative estimate of drug-likeness (QED) is 0.792. The molecule has 0 radical (unpaired) electrons. The third-order valence-electron chi connectivity index (χ3n) is 5.01. The molecule has 0 saturated carbocycles. The number of pyridine rings is 1. The van der Waals surface area contributed by atoms with Crippen LogP contribution in [0.4, 0.5) is 0 Å². The second-order valence-electron chi connectivity index (χ2n) is 6.75. The Morgan fingerprint density at radius 3 is 2.78 bits per heavy atom.